The molecular formula is C10H17BrO2. The van der Waals surface area contributed by atoms with E-state index in [2.05, 4.69) is 15.9 Å². The van der Waals surface area contributed by atoms with Crippen LogP contribution < -0.4 is 0 Å². The summed E-state index contributed by atoms with van der Waals surface area (Å²) in [6.07, 6.45) is 6.89. The van der Waals surface area contributed by atoms with Crippen molar-refractivity contribution >= 4 is 15.9 Å². The zero-order valence-electron chi connectivity index (χ0n) is 7.88. The number of rotatable bonds is 2. The summed E-state index contributed by atoms with van der Waals surface area (Å²) in [5.74, 6) is 0. The standard InChI is InChI=1S/C10H17BrO2/c11-9-2-1-3-10(9)13-8-4-6-12-7-5-8/h8-10H,1-7H2. The Bertz CT molecular complexity index is 157. The monoisotopic (exact) mass is 248 g/mol. The van der Waals surface area contributed by atoms with Gasteiger partial charge in [-0.2, -0.15) is 0 Å². The lowest BCUT2D eigenvalue weighted by molar-refractivity contribution is -0.0633. The van der Waals surface area contributed by atoms with E-state index in [9.17, 15) is 0 Å². The molecule has 2 aliphatic rings. The smallest absolute Gasteiger partial charge is 0.0703 e. The molecule has 2 nitrogen and oxygen atoms in total. The highest BCUT2D eigenvalue weighted by Crippen LogP contribution is 2.30. The molecule has 0 spiro atoms. The first kappa shape index (κ1) is 9.94. The van der Waals surface area contributed by atoms with Crippen LogP contribution in [0.25, 0.3) is 0 Å². The molecule has 0 radical (unpaired) electrons. The van der Waals surface area contributed by atoms with E-state index >= 15 is 0 Å². The van der Waals surface area contributed by atoms with Crippen molar-refractivity contribution < 1.29 is 9.47 Å². The van der Waals surface area contributed by atoms with Crippen molar-refractivity contribution in [3.05, 3.63) is 0 Å². The molecule has 2 unspecified atom stereocenters. The van der Waals surface area contributed by atoms with Gasteiger partial charge in [0.15, 0.2) is 0 Å². The van der Waals surface area contributed by atoms with Crippen LogP contribution >= 0.6 is 15.9 Å². The number of halogens is 1. The maximum atomic E-state index is 6.04. The largest absolute Gasteiger partial charge is 0.381 e. The van der Waals surface area contributed by atoms with Gasteiger partial charge in [0.1, 0.15) is 0 Å². The lowest BCUT2D eigenvalue weighted by Gasteiger charge is -2.27. The average molecular weight is 249 g/mol. The summed E-state index contributed by atoms with van der Waals surface area (Å²) >= 11 is 3.68. The molecule has 13 heavy (non-hydrogen) atoms. The first-order valence-corrected chi connectivity index (χ1v) is 6.15. The van der Waals surface area contributed by atoms with Crippen LogP contribution in [-0.2, 0) is 9.47 Å². The van der Waals surface area contributed by atoms with Crippen molar-refractivity contribution in [3.63, 3.8) is 0 Å². The minimum absolute atomic E-state index is 0.455. The highest BCUT2D eigenvalue weighted by Gasteiger charge is 2.28. The lowest BCUT2D eigenvalue weighted by atomic mass is 10.1. The van der Waals surface area contributed by atoms with Crippen LogP contribution in [0.2, 0.25) is 0 Å². The average Bonchev–Trinajstić information content (AvgIpc) is 2.54. The summed E-state index contributed by atoms with van der Waals surface area (Å²) in [5.41, 5.74) is 0. The highest BCUT2D eigenvalue weighted by atomic mass is 79.9. The summed E-state index contributed by atoms with van der Waals surface area (Å²) in [7, 11) is 0. The topological polar surface area (TPSA) is 18.5 Å². The maximum Gasteiger partial charge on any atom is 0.0703 e. The van der Waals surface area contributed by atoms with Crippen molar-refractivity contribution in [1.29, 1.82) is 0 Å². The van der Waals surface area contributed by atoms with Gasteiger partial charge in [0, 0.05) is 18.0 Å². The molecule has 0 bridgehead atoms. The first-order valence-electron chi connectivity index (χ1n) is 5.23. The van der Waals surface area contributed by atoms with Crippen molar-refractivity contribution in [2.75, 3.05) is 13.2 Å². The molecule has 0 N–H and O–H groups in total. The fourth-order valence-electron chi connectivity index (χ4n) is 2.09. The van der Waals surface area contributed by atoms with Gasteiger partial charge in [0.2, 0.25) is 0 Å². The van der Waals surface area contributed by atoms with Gasteiger partial charge in [-0.3, -0.25) is 0 Å². The highest BCUT2D eigenvalue weighted by molar-refractivity contribution is 9.09. The molecule has 2 atom stereocenters. The van der Waals surface area contributed by atoms with E-state index in [1.807, 2.05) is 0 Å². The van der Waals surface area contributed by atoms with Crippen LogP contribution in [0.5, 0.6) is 0 Å². The summed E-state index contributed by atoms with van der Waals surface area (Å²) < 4.78 is 11.3. The van der Waals surface area contributed by atoms with Crippen molar-refractivity contribution in [2.24, 2.45) is 0 Å². The van der Waals surface area contributed by atoms with Gasteiger partial charge in [-0.05, 0) is 32.1 Å². The van der Waals surface area contributed by atoms with Gasteiger partial charge in [-0.25, -0.2) is 0 Å². The first-order chi connectivity index (χ1) is 6.36. The van der Waals surface area contributed by atoms with E-state index in [0.29, 0.717) is 17.0 Å². The number of ether oxygens (including phenoxy) is 2. The number of hydrogen-bond donors (Lipinski definition) is 0. The summed E-state index contributed by atoms with van der Waals surface area (Å²) in [5, 5.41) is 0. The molecule has 1 aliphatic carbocycles. The minimum Gasteiger partial charge on any atom is -0.381 e. The van der Waals surface area contributed by atoms with Crippen LogP contribution in [0, 0.1) is 0 Å². The molecule has 0 aromatic heterocycles. The molecule has 1 saturated heterocycles. The van der Waals surface area contributed by atoms with Crippen LogP contribution in [0.3, 0.4) is 0 Å². The van der Waals surface area contributed by atoms with E-state index in [-0.39, 0.29) is 0 Å². The molecule has 0 aromatic carbocycles. The van der Waals surface area contributed by atoms with Crippen molar-refractivity contribution in [1.82, 2.24) is 0 Å². The van der Waals surface area contributed by atoms with Gasteiger partial charge in [0.25, 0.3) is 0 Å². The second-order valence-corrected chi connectivity index (χ2v) is 5.11. The quantitative estimate of drug-likeness (QED) is 0.700. The molecule has 0 aromatic rings. The van der Waals surface area contributed by atoms with E-state index in [1.165, 1.54) is 19.3 Å². The number of alkyl halides is 1. The Morgan fingerprint density at radius 2 is 1.85 bits per heavy atom. The molecule has 1 aliphatic heterocycles. The SMILES string of the molecule is BrC1CCCC1OC1CCOCC1. The molecule has 3 heteroatoms. The summed E-state index contributed by atoms with van der Waals surface area (Å²) in [6, 6.07) is 0. The molecule has 76 valence electrons. The molecule has 2 rings (SSSR count). The zero-order valence-corrected chi connectivity index (χ0v) is 9.46. The Labute approximate surface area is 88.1 Å². The minimum atomic E-state index is 0.455. The van der Waals surface area contributed by atoms with Crippen LogP contribution in [0.4, 0.5) is 0 Å². The predicted molar refractivity (Wildman–Crippen MR) is 55.3 cm³/mol. The Morgan fingerprint density at radius 1 is 1.08 bits per heavy atom. The molecule has 1 saturated carbocycles. The van der Waals surface area contributed by atoms with E-state index < -0.39 is 0 Å². The Morgan fingerprint density at radius 3 is 2.46 bits per heavy atom. The van der Waals surface area contributed by atoms with E-state index in [0.717, 1.165) is 26.1 Å². The van der Waals surface area contributed by atoms with Crippen LogP contribution in [-0.4, -0.2) is 30.2 Å². The second kappa shape index (κ2) is 4.76. The zero-order chi connectivity index (χ0) is 9.10. The van der Waals surface area contributed by atoms with Crippen LogP contribution in [0.1, 0.15) is 32.1 Å². The second-order valence-electron chi connectivity index (χ2n) is 3.93. The third-order valence-electron chi connectivity index (χ3n) is 2.91. The summed E-state index contributed by atoms with van der Waals surface area (Å²) in [6.45, 7) is 1.76. The molecule has 1 heterocycles. The number of hydrogen-bond acceptors (Lipinski definition) is 2. The lowest BCUT2D eigenvalue weighted by Crippen LogP contribution is -2.30. The third-order valence-corrected chi connectivity index (χ3v) is 3.96. The van der Waals surface area contributed by atoms with Gasteiger partial charge in [0.05, 0.1) is 12.2 Å². The van der Waals surface area contributed by atoms with E-state index in [1.54, 1.807) is 0 Å². The van der Waals surface area contributed by atoms with Gasteiger partial charge in [-0.1, -0.05) is 15.9 Å². The fraction of sp³-hybridized carbons (Fsp3) is 1.00. The predicted octanol–water partition coefficient (Wildman–Crippen LogP) is 2.50. The van der Waals surface area contributed by atoms with Gasteiger partial charge < -0.3 is 9.47 Å². The van der Waals surface area contributed by atoms with Gasteiger partial charge in [-0.15, -0.1) is 0 Å². The molecule has 2 fully saturated rings. The van der Waals surface area contributed by atoms with Crippen molar-refractivity contribution in [3.8, 4) is 0 Å². The van der Waals surface area contributed by atoms with Crippen LogP contribution in [0.15, 0.2) is 0 Å². The maximum absolute atomic E-state index is 6.04. The fourth-order valence-corrected chi connectivity index (χ4v) is 2.81. The Balaban J connectivity index is 1.75. The normalized spacial score (nSPS) is 36.7. The molecular weight excluding hydrogens is 232 g/mol. The Kier molecular flexibility index (Phi) is 3.64. The van der Waals surface area contributed by atoms with E-state index in [4.69, 9.17) is 9.47 Å². The van der Waals surface area contributed by atoms with Crippen molar-refractivity contribution in [2.45, 2.75) is 49.1 Å². The summed E-state index contributed by atoms with van der Waals surface area (Å²) in [4.78, 5) is 0.593. The molecule has 0 amide bonds. The van der Waals surface area contributed by atoms with Gasteiger partial charge >= 0.3 is 0 Å². The Hall–Kier alpha value is 0.400. The third kappa shape index (κ3) is 2.67.